The summed E-state index contributed by atoms with van der Waals surface area (Å²) < 4.78 is 10.3. The number of H-pyrrole nitrogens is 2. The van der Waals surface area contributed by atoms with E-state index in [0.29, 0.717) is 39.4 Å². The van der Waals surface area contributed by atoms with Gasteiger partial charge in [-0.3, -0.25) is 19.4 Å². The Kier molecular flexibility index (Phi) is 11.0. The third-order valence-corrected chi connectivity index (χ3v) is 11.7. The van der Waals surface area contributed by atoms with E-state index in [-0.39, 0.29) is 35.7 Å². The SMILES string of the molecule is CC(C)C(C(=O)N1CCCC1c1ncc(-c2ccc(C#Cc3ccc(-c4cnc(C5CCCN5C(=O)C(C(C)C)N5CCOC5=O)[nH]4)cc3)cc2)[nH]1)N1CCOC1=O. The molecule has 0 spiro atoms. The minimum atomic E-state index is -0.566. The van der Waals surface area contributed by atoms with Crippen molar-refractivity contribution in [2.45, 2.75) is 77.5 Å². The van der Waals surface area contributed by atoms with E-state index in [1.807, 2.05) is 86.0 Å². The van der Waals surface area contributed by atoms with Crippen LogP contribution < -0.4 is 0 Å². The molecule has 8 rings (SSSR count). The Bertz CT molecular complexity index is 2060. The first-order valence-corrected chi connectivity index (χ1v) is 20.4. The Balaban J connectivity index is 0.895. The predicted molar refractivity (Wildman–Crippen MR) is 215 cm³/mol. The summed E-state index contributed by atoms with van der Waals surface area (Å²) in [7, 11) is 0. The Hall–Kier alpha value is -6.10. The summed E-state index contributed by atoms with van der Waals surface area (Å²) in [6, 6.07) is 14.4. The summed E-state index contributed by atoms with van der Waals surface area (Å²) in [5, 5.41) is 0. The Morgan fingerprint density at radius 1 is 0.638 bits per heavy atom. The van der Waals surface area contributed by atoms with Crippen molar-refractivity contribution >= 4 is 24.0 Å². The van der Waals surface area contributed by atoms with Crippen molar-refractivity contribution in [3.8, 4) is 34.4 Å². The lowest BCUT2D eigenvalue weighted by Crippen LogP contribution is -2.51. The molecule has 14 heteroatoms. The first-order chi connectivity index (χ1) is 28.1. The van der Waals surface area contributed by atoms with E-state index in [1.54, 1.807) is 22.2 Å². The second-order valence-corrected chi connectivity index (χ2v) is 16.1. The van der Waals surface area contributed by atoms with Crippen LogP contribution in [0.25, 0.3) is 22.5 Å². The highest BCUT2D eigenvalue weighted by Crippen LogP contribution is 2.35. The second-order valence-electron chi connectivity index (χ2n) is 16.1. The molecular formula is C44H50N8O6. The lowest BCUT2D eigenvalue weighted by Gasteiger charge is -2.33. The largest absolute Gasteiger partial charge is 0.448 e. The summed E-state index contributed by atoms with van der Waals surface area (Å²) >= 11 is 0. The van der Waals surface area contributed by atoms with Crippen LogP contribution in [0.5, 0.6) is 0 Å². The number of likely N-dealkylation sites (tertiary alicyclic amines) is 2. The highest BCUT2D eigenvalue weighted by Gasteiger charge is 2.44. The summed E-state index contributed by atoms with van der Waals surface area (Å²) in [5.74, 6) is 7.78. The van der Waals surface area contributed by atoms with Gasteiger partial charge in [-0.25, -0.2) is 19.6 Å². The smallest absolute Gasteiger partial charge is 0.410 e. The fraction of sp³-hybridized carbons (Fsp3) is 0.455. The highest BCUT2D eigenvalue weighted by molar-refractivity contribution is 5.88. The molecule has 4 fully saturated rings. The van der Waals surface area contributed by atoms with E-state index in [0.717, 1.165) is 71.0 Å². The standard InChI is InChI=1S/C44H50N8O6/c1-27(2)37(51-21-23-57-43(51)55)41(53)49-19-5-7-35(49)39-45-25-33(47-39)31-15-11-29(12-16-31)9-10-30-13-17-32(18-14-30)34-26-46-40(48-34)36-8-6-20-50(36)42(54)38(28(3)4)52-22-24-58-44(52)56/h11-18,25-28,35-38H,5-8,19-24H2,1-4H3,(H,45,47)(H,46,48). The summed E-state index contributed by atoms with van der Waals surface area (Å²) in [6.07, 6.45) is 6.08. The number of carbonyl (C=O) groups is 4. The van der Waals surface area contributed by atoms with E-state index >= 15 is 0 Å². The number of hydrogen-bond acceptors (Lipinski definition) is 8. The number of aromatic amines is 2. The van der Waals surface area contributed by atoms with E-state index in [9.17, 15) is 19.2 Å². The van der Waals surface area contributed by atoms with Crippen LogP contribution in [0.15, 0.2) is 60.9 Å². The van der Waals surface area contributed by atoms with Crippen LogP contribution in [0.2, 0.25) is 0 Å². The third-order valence-electron chi connectivity index (χ3n) is 11.7. The van der Waals surface area contributed by atoms with Gasteiger partial charge in [-0.1, -0.05) is 63.8 Å². The molecule has 0 bridgehead atoms. The molecule has 58 heavy (non-hydrogen) atoms. The number of rotatable bonds is 10. The van der Waals surface area contributed by atoms with Gasteiger partial charge in [0.2, 0.25) is 11.8 Å². The molecule has 0 aliphatic carbocycles. The average Bonchev–Trinajstić information content (AvgIpc) is 4.07. The van der Waals surface area contributed by atoms with Gasteiger partial charge in [0.25, 0.3) is 0 Å². The normalized spacial score (nSPS) is 20.4. The number of hydrogen-bond donors (Lipinski definition) is 2. The van der Waals surface area contributed by atoms with Gasteiger partial charge in [0.1, 0.15) is 36.9 Å². The van der Waals surface area contributed by atoms with Gasteiger partial charge in [-0.05, 0) is 72.9 Å². The zero-order valence-corrected chi connectivity index (χ0v) is 33.4. The van der Waals surface area contributed by atoms with Crippen molar-refractivity contribution in [3.63, 3.8) is 0 Å². The molecule has 2 aromatic carbocycles. The summed E-state index contributed by atoms with van der Waals surface area (Å²) in [4.78, 5) is 75.5. The predicted octanol–water partition coefficient (Wildman–Crippen LogP) is 6.15. The Morgan fingerprint density at radius 3 is 1.38 bits per heavy atom. The number of benzene rings is 2. The Morgan fingerprint density at radius 2 is 1.03 bits per heavy atom. The maximum atomic E-state index is 13.8. The van der Waals surface area contributed by atoms with Gasteiger partial charge in [-0.2, -0.15) is 0 Å². The molecule has 6 heterocycles. The molecule has 4 amide bonds. The monoisotopic (exact) mass is 786 g/mol. The van der Waals surface area contributed by atoms with Crippen molar-refractivity contribution in [2.75, 3.05) is 39.4 Å². The van der Waals surface area contributed by atoms with E-state index in [2.05, 4.69) is 21.8 Å². The van der Waals surface area contributed by atoms with Gasteiger partial charge in [0.15, 0.2) is 0 Å². The van der Waals surface area contributed by atoms with E-state index in [1.165, 1.54) is 0 Å². The van der Waals surface area contributed by atoms with Gasteiger partial charge >= 0.3 is 12.2 Å². The molecular weight excluding hydrogens is 737 g/mol. The first kappa shape index (κ1) is 38.8. The maximum Gasteiger partial charge on any atom is 0.410 e. The zero-order chi connectivity index (χ0) is 40.5. The van der Waals surface area contributed by atoms with Crippen LogP contribution in [-0.4, -0.2) is 115 Å². The lowest BCUT2D eigenvalue weighted by atomic mass is 10.0. The van der Waals surface area contributed by atoms with Crippen LogP contribution in [0, 0.1) is 23.7 Å². The number of cyclic esters (lactones) is 2. The van der Waals surface area contributed by atoms with Crippen LogP contribution in [0.4, 0.5) is 9.59 Å². The number of nitrogens with one attached hydrogen (secondary N) is 2. The molecule has 4 aromatic rings. The van der Waals surface area contributed by atoms with E-state index < -0.39 is 24.3 Å². The summed E-state index contributed by atoms with van der Waals surface area (Å²) in [6.45, 7) is 10.5. The van der Waals surface area contributed by atoms with Crippen LogP contribution >= 0.6 is 0 Å². The van der Waals surface area contributed by atoms with Crippen LogP contribution in [0.1, 0.15) is 88.2 Å². The molecule has 4 atom stereocenters. The van der Waals surface area contributed by atoms with Crippen molar-refractivity contribution in [3.05, 3.63) is 83.7 Å². The topological polar surface area (TPSA) is 157 Å². The molecule has 4 aliphatic rings. The van der Waals surface area contributed by atoms with Crippen molar-refractivity contribution < 1.29 is 28.7 Å². The molecule has 0 saturated carbocycles. The number of imidazole rings is 2. The summed E-state index contributed by atoms with van der Waals surface area (Å²) in [5.41, 5.74) is 5.38. The van der Waals surface area contributed by atoms with Gasteiger partial charge in [0, 0.05) is 24.2 Å². The number of amides is 4. The third kappa shape index (κ3) is 7.65. The quantitative estimate of drug-likeness (QED) is 0.182. The van der Waals surface area contributed by atoms with Crippen molar-refractivity contribution in [1.82, 2.24) is 39.5 Å². The minimum Gasteiger partial charge on any atom is -0.448 e. The van der Waals surface area contributed by atoms with Crippen molar-refractivity contribution in [1.29, 1.82) is 0 Å². The fourth-order valence-corrected chi connectivity index (χ4v) is 8.76. The zero-order valence-electron chi connectivity index (χ0n) is 33.4. The first-order valence-electron chi connectivity index (χ1n) is 20.4. The lowest BCUT2D eigenvalue weighted by molar-refractivity contribution is -0.139. The average molecular weight is 787 g/mol. The number of ether oxygens (including phenoxy) is 2. The molecule has 302 valence electrons. The number of nitrogens with zero attached hydrogens (tertiary/aromatic N) is 6. The maximum absolute atomic E-state index is 13.8. The molecule has 4 aliphatic heterocycles. The molecule has 2 N–H and O–H groups in total. The molecule has 4 unspecified atom stereocenters. The molecule has 0 radical (unpaired) electrons. The van der Waals surface area contributed by atoms with Crippen molar-refractivity contribution in [2.24, 2.45) is 11.8 Å². The molecule has 2 aromatic heterocycles. The Labute approximate surface area is 338 Å². The van der Waals surface area contributed by atoms with Gasteiger partial charge < -0.3 is 29.2 Å². The molecule has 14 nitrogen and oxygen atoms in total. The van der Waals surface area contributed by atoms with Crippen LogP contribution in [0.3, 0.4) is 0 Å². The van der Waals surface area contributed by atoms with E-state index in [4.69, 9.17) is 19.4 Å². The second kappa shape index (κ2) is 16.4. The molecule has 4 saturated heterocycles. The van der Waals surface area contributed by atoms with Crippen LogP contribution in [-0.2, 0) is 19.1 Å². The minimum absolute atomic E-state index is 0.0483. The number of carbonyl (C=O) groups excluding carboxylic acids is 4. The highest BCUT2D eigenvalue weighted by atomic mass is 16.6. The fourth-order valence-electron chi connectivity index (χ4n) is 8.76. The van der Waals surface area contributed by atoms with Gasteiger partial charge in [-0.15, -0.1) is 0 Å². The van der Waals surface area contributed by atoms with Gasteiger partial charge in [0.05, 0.1) is 49.0 Å². The number of aromatic nitrogens is 4.